The number of halogens is 3. The fraction of sp³-hybridized carbons (Fsp3) is 0.258. The SMILES string of the molecule is CCOc1cc([C@H]2NC(=O)NC(C)=C2C(=O)OC)ccc1OC[C@@H](O)N/N=C\c1cc(I)c(OCc2ccc(Cl)cc2)c(I)c1. The first-order chi connectivity index (χ1) is 21.6. The number of nitrogens with zero attached hydrogens (tertiary/aromatic N) is 1. The van der Waals surface area contributed by atoms with Gasteiger partial charge in [-0.15, -0.1) is 0 Å². The van der Waals surface area contributed by atoms with E-state index in [9.17, 15) is 14.7 Å². The largest absolute Gasteiger partial charge is 0.490 e. The van der Waals surface area contributed by atoms with Gasteiger partial charge >= 0.3 is 12.0 Å². The van der Waals surface area contributed by atoms with Gasteiger partial charge < -0.3 is 34.7 Å². The molecule has 0 saturated carbocycles. The number of nitrogens with one attached hydrogen (secondary N) is 3. The Morgan fingerprint density at radius 1 is 1.09 bits per heavy atom. The minimum Gasteiger partial charge on any atom is -0.490 e. The number of benzene rings is 3. The van der Waals surface area contributed by atoms with E-state index in [1.54, 1.807) is 31.3 Å². The molecule has 2 atom stereocenters. The predicted octanol–water partition coefficient (Wildman–Crippen LogP) is 5.65. The van der Waals surface area contributed by atoms with Gasteiger partial charge in [0.2, 0.25) is 0 Å². The van der Waals surface area contributed by atoms with Crippen molar-refractivity contribution in [2.75, 3.05) is 20.3 Å². The molecular formula is C31H31ClI2N4O7. The van der Waals surface area contributed by atoms with Gasteiger partial charge in [0.25, 0.3) is 0 Å². The molecule has 14 heteroatoms. The van der Waals surface area contributed by atoms with Gasteiger partial charge in [-0.2, -0.15) is 5.10 Å². The molecule has 0 unspecified atom stereocenters. The molecule has 45 heavy (non-hydrogen) atoms. The quantitative estimate of drug-likeness (QED) is 0.0570. The van der Waals surface area contributed by atoms with Crippen LogP contribution in [0.1, 0.15) is 36.6 Å². The van der Waals surface area contributed by atoms with E-state index in [4.69, 9.17) is 30.5 Å². The number of carbonyl (C=O) groups is 2. The van der Waals surface area contributed by atoms with Crippen molar-refractivity contribution in [3.63, 3.8) is 0 Å². The summed E-state index contributed by atoms with van der Waals surface area (Å²) in [7, 11) is 1.28. The van der Waals surface area contributed by atoms with Gasteiger partial charge in [0.1, 0.15) is 19.0 Å². The Labute approximate surface area is 293 Å². The number of carbonyl (C=O) groups excluding carboxylic acids is 2. The summed E-state index contributed by atoms with van der Waals surface area (Å²) >= 11 is 10.4. The first-order valence-corrected chi connectivity index (χ1v) is 16.2. The summed E-state index contributed by atoms with van der Waals surface area (Å²) in [5, 5.41) is 20.6. The van der Waals surface area contributed by atoms with E-state index in [2.05, 4.69) is 66.3 Å². The van der Waals surface area contributed by atoms with E-state index >= 15 is 0 Å². The van der Waals surface area contributed by atoms with Gasteiger partial charge in [0.05, 0.1) is 38.7 Å². The number of aliphatic hydroxyl groups excluding tert-OH is 1. The first-order valence-electron chi connectivity index (χ1n) is 13.7. The number of urea groups is 1. The number of aliphatic hydroxyl groups is 1. The molecule has 0 spiro atoms. The molecule has 0 aliphatic carbocycles. The highest BCUT2D eigenvalue weighted by Gasteiger charge is 2.32. The van der Waals surface area contributed by atoms with Crippen molar-refractivity contribution < 1.29 is 33.6 Å². The molecule has 0 radical (unpaired) electrons. The van der Waals surface area contributed by atoms with Crippen LogP contribution in [-0.2, 0) is 16.1 Å². The van der Waals surface area contributed by atoms with Crippen molar-refractivity contribution in [2.45, 2.75) is 32.7 Å². The van der Waals surface area contributed by atoms with E-state index in [1.165, 1.54) is 7.11 Å². The molecule has 0 saturated heterocycles. The lowest BCUT2D eigenvalue weighted by Crippen LogP contribution is -2.45. The second kappa shape index (κ2) is 16.3. The van der Waals surface area contributed by atoms with Crippen molar-refractivity contribution in [1.29, 1.82) is 0 Å². The zero-order valence-electron chi connectivity index (χ0n) is 24.5. The fourth-order valence-electron chi connectivity index (χ4n) is 4.35. The highest BCUT2D eigenvalue weighted by molar-refractivity contribution is 14.1. The Morgan fingerprint density at radius 2 is 1.80 bits per heavy atom. The Hall–Kier alpha value is -3.28. The summed E-state index contributed by atoms with van der Waals surface area (Å²) in [5.74, 6) is 0.948. The van der Waals surface area contributed by atoms with Crippen LogP contribution in [-0.4, -0.2) is 49.9 Å². The molecule has 238 valence electrons. The van der Waals surface area contributed by atoms with Crippen molar-refractivity contribution in [2.24, 2.45) is 5.10 Å². The molecular weight excluding hydrogens is 830 g/mol. The van der Waals surface area contributed by atoms with Gasteiger partial charge in [-0.1, -0.05) is 29.8 Å². The monoisotopic (exact) mass is 860 g/mol. The van der Waals surface area contributed by atoms with E-state index in [1.807, 2.05) is 43.3 Å². The topological polar surface area (TPSA) is 140 Å². The maximum atomic E-state index is 12.4. The summed E-state index contributed by atoms with van der Waals surface area (Å²) in [5.41, 5.74) is 5.74. The molecule has 11 nitrogen and oxygen atoms in total. The van der Waals surface area contributed by atoms with Gasteiger partial charge in [0.15, 0.2) is 17.7 Å². The Kier molecular flexibility index (Phi) is 12.6. The molecule has 1 aliphatic rings. The van der Waals surface area contributed by atoms with Crippen LogP contribution in [0, 0.1) is 7.14 Å². The number of methoxy groups -OCH3 is 1. The van der Waals surface area contributed by atoms with Crippen LogP contribution >= 0.6 is 56.8 Å². The second-order valence-electron chi connectivity index (χ2n) is 9.64. The average molecular weight is 861 g/mol. The molecule has 2 amide bonds. The van der Waals surface area contributed by atoms with Gasteiger partial charge in [0, 0.05) is 10.7 Å². The van der Waals surface area contributed by atoms with E-state index in [0.717, 1.165) is 24.0 Å². The standard InChI is InChI=1S/C31H31ClI2N4O7/c1-4-43-25-13-20(28-27(30(40)42-3)17(2)36-31(41)37-28)7-10-24(25)44-16-26(39)38-35-14-19-11-22(33)29(23(34)12-19)45-15-18-5-8-21(32)9-6-18/h5-14,26,28,38-39H,4,15-16H2,1-3H3,(H2,36,37,41)/b35-14-/t26-,28-/m1/s1. The van der Waals surface area contributed by atoms with Crippen molar-refractivity contribution in [3.8, 4) is 17.2 Å². The minimum absolute atomic E-state index is 0.139. The third kappa shape index (κ3) is 9.37. The molecule has 4 rings (SSSR count). The highest BCUT2D eigenvalue weighted by atomic mass is 127. The number of ether oxygens (including phenoxy) is 4. The maximum Gasteiger partial charge on any atom is 0.337 e. The van der Waals surface area contributed by atoms with Crippen LogP contribution in [0.5, 0.6) is 17.2 Å². The zero-order chi connectivity index (χ0) is 32.5. The number of allylic oxidation sites excluding steroid dienone is 1. The number of hydrogen-bond acceptors (Lipinski definition) is 9. The molecule has 1 heterocycles. The Bertz CT molecular complexity index is 1580. The van der Waals surface area contributed by atoms with E-state index < -0.39 is 24.3 Å². The molecule has 1 aliphatic heterocycles. The lowest BCUT2D eigenvalue weighted by atomic mass is 9.95. The van der Waals surface area contributed by atoms with Crippen molar-refractivity contribution >= 4 is 75.0 Å². The van der Waals surface area contributed by atoms with E-state index in [0.29, 0.717) is 41.0 Å². The molecule has 0 aromatic heterocycles. The molecule has 0 bridgehead atoms. The van der Waals surface area contributed by atoms with E-state index in [-0.39, 0.29) is 12.2 Å². The third-order valence-electron chi connectivity index (χ3n) is 6.43. The smallest absolute Gasteiger partial charge is 0.337 e. The number of amides is 2. The zero-order valence-corrected chi connectivity index (χ0v) is 29.6. The molecule has 0 fully saturated rings. The van der Waals surface area contributed by atoms with Crippen molar-refractivity contribution in [3.05, 3.63) is 94.7 Å². The molecule has 3 aromatic carbocycles. The maximum absolute atomic E-state index is 12.4. The van der Waals surface area contributed by atoms with Crippen LogP contribution in [0.2, 0.25) is 5.02 Å². The second-order valence-corrected chi connectivity index (χ2v) is 12.4. The lowest BCUT2D eigenvalue weighted by Gasteiger charge is -2.28. The predicted molar refractivity (Wildman–Crippen MR) is 187 cm³/mol. The van der Waals surface area contributed by atoms with Crippen LogP contribution in [0.3, 0.4) is 0 Å². The normalized spacial score (nSPS) is 15.3. The van der Waals surface area contributed by atoms with Crippen LogP contribution in [0.4, 0.5) is 4.79 Å². The van der Waals surface area contributed by atoms with Gasteiger partial charge in [-0.25, -0.2) is 9.59 Å². The van der Waals surface area contributed by atoms with Crippen LogP contribution in [0.25, 0.3) is 0 Å². The molecule has 3 aromatic rings. The number of hydrazone groups is 1. The summed E-state index contributed by atoms with van der Waals surface area (Å²) in [6.07, 6.45) is 0.467. The molecule has 4 N–H and O–H groups in total. The number of esters is 1. The Morgan fingerprint density at radius 3 is 2.47 bits per heavy atom. The summed E-state index contributed by atoms with van der Waals surface area (Å²) in [6.45, 7) is 4.06. The fourth-order valence-corrected chi connectivity index (χ4v) is 6.60. The number of rotatable bonds is 13. The minimum atomic E-state index is -1.13. The lowest BCUT2D eigenvalue weighted by molar-refractivity contribution is -0.136. The van der Waals surface area contributed by atoms with Crippen molar-refractivity contribution in [1.82, 2.24) is 16.1 Å². The summed E-state index contributed by atoms with van der Waals surface area (Å²) in [4.78, 5) is 24.6. The van der Waals surface area contributed by atoms with Crippen LogP contribution < -0.4 is 30.3 Å². The highest BCUT2D eigenvalue weighted by Crippen LogP contribution is 2.35. The average Bonchev–Trinajstić information content (AvgIpc) is 3.00. The summed E-state index contributed by atoms with van der Waals surface area (Å²) in [6, 6.07) is 15.2. The summed E-state index contributed by atoms with van der Waals surface area (Å²) < 4.78 is 24.4. The van der Waals surface area contributed by atoms with Gasteiger partial charge in [-0.3, -0.25) is 5.43 Å². The first kappa shape index (κ1) is 34.6. The number of hydrogen-bond donors (Lipinski definition) is 4. The third-order valence-corrected chi connectivity index (χ3v) is 8.28. The Balaban J connectivity index is 1.37. The van der Waals surface area contributed by atoms with Crippen LogP contribution in [0.15, 0.2) is 71.0 Å². The van der Waals surface area contributed by atoms with Gasteiger partial charge in [-0.05, 0) is 112 Å².